The van der Waals surface area contributed by atoms with Crippen molar-refractivity contribution in [1.29, 1.82) is 0 Å². The summed E-state index contributed by atoms with van der Waals surface area (Å²) >= 11 is 12.0. The maximum Gasteiger partial charge on any atom is 0.0833 e. The number of benzene rings is 2. The molecule has 0 aliphatic carbocycles. The summed E-state index contributed by atoms with van der Waals surface area (Å²) in [6, 6.07) is 11.3. The van der Waals surface area contributed by atoms with Crippen LogP contribution < -0.4 is 0 Å². The summed E-state index contributed by atoms with van der Waals surface area (Å²) in [6.07, 6.45) is -0.0705. The highest BCUT2D eigenvalue weighted by Crippen LogP contribution is 2.28. The third kappa shape index (κ3) is 3.30. The Morgan fingerprint density at radius 2 is 1.84 bits per heavy atom. The van der Waals surface area contributed by atoms with Crippen molar-refractivity contribution in [3.63, 3.8) is 0 Å². The zero-order valence-electron chi connectivity index (χ0n) is 11.0. The summed E-state index contributed by atoms with van der Waals surface area (Å²) in [7, 11) is 0. The molecule has 0 radical (unpaired) electrons. The van der Waals surface area contributed by atoms with Crippen LogP contribution in [0.4, 0.5) is 0 Å². The lowest BCUT2D eigenvalue weighted by Gasteiger charge is -2.16. The normalized spacial score (nSPS) is 12.5. The average Bonchev–Trinajstić information content (AvgIpc) is 2.36. The molecule has 0 spiro atoms. The van der Waals surface area contributed by atoms with Crippen molar-refractivity contribution >= 4 is 23.2 Å². The van der Waals surface area contributed by atoms with E-state index in [9.17, 15) is 5.11 Å². The van der Waals surface area contributed by atoms with Crippen molar-refractivity contribution in [2.75, 3.05) is 0 Å². The van der Waals surface area contributed by atoms with Gasteiger partial charge in [-0.15, -0.1) is 0 Å². The van der Waals surface area contributed by atoms with E-state index in [1.54, 1.807) is 12.1 Å². The molecule has 0 bridgehead atoms. The first-order chi connectivity index (χ1) is 8.99. The van der Waals surface area contributed by atoms with Crippen molar-refractivity contribution in [1.82, 2.24) is 0 Å². The first-order valence-corrected chi connectivity index (χ1v) is 6.92. The van der Waals surface area contributed by atoms with Gasteiger partial charge < -0.3 is 5.11 Å². The van der Waals surface area contributed by atoms with Crippen LogP contribution in [0.2, 0.25) is 10.0 Å². The lowest BCUT2D eigenvalue weighted by Crippen LogP contribution is -2.05. The second-order valence-electron chi connectivity index (χ2n) is 4.74. The van der Waals surface area contributed by atoms with Crippen LogP contribution in [-0.4, -0.2) is 5.11 Å². The first-order valence-electron chi connectivity index (χ1n) is 6.17. The molecule has 3 heteroatoms. The van der Waals surface area contributed by atoms with Gasteiger partial charge in [0.2, 0.25) is 0 Å². The molecule has 0 saturated heterocycles. The summed E-state index contributed by atoms with van der Waals surface area (Å²) < 4.78 is 0. The zero-order valence-corrected chi connectivity index (χ0v) is 12.5. The largest absolute Gasteiger partial charge is 0.388 e. The molecule has 0 amide bonds. The Kier molecular flexibility index (Phi) is 4.51. The minimum Gasteiger partial charge on any atom is -0.388 e. The molecule has 100 valence electrons. The molecule has 2 aromatic rings. The molecule has 0 aliphatic rings. The minimum absolute atomic E-state index is 0.486. The molecule has 19 heavy (non-hydrogen) atoms. The Morgan fingerprint density at radius 3 is 2.53 bits per heavy atom. The number of aliphatic hydroxyl groups excluding tert-OH is 1. The topological polar surface area (TPSA) is 20.2 Å². The van der Waals surface area contributed by atoms with E-state index in [0.717, 1.165) is 16.7 Å². The third-order valence-electron chi connectivity index (χ3n) is 3.43. The third-order valence-corrected chi connectivity index (χ3v) is 4.02. The van der Waals surface area contributed by atoms with E-state index in [1.807, 2.05) is 38.1 Å². The molecule has 1 unspecified atom stereocenters. The Hall–Kier alpha value is -1.02. The highest BCUT2D eigenvalue weighted by molar-refractivity contribution is 6.35. The molecule has 0 heterocycles. The summed E-state index contributed by atoms with van der Waals surface area (Å²) in [4.78, 5) is 0. The monoisotopic (exact) mass is 294 g/mol. The lowest BCUT2D eigenvalue weighted by molar-refractivity contribution is 0.177. The Labute approximate surface area is 123 Å². The fourth-order valence-electron chi connectivity index (χ4n) is 2.14. The minimum atomic E-state index is -0.557. The molecule has 1 N–H and O–H groups in total. The van der Waals surface area contributed by atoms with Gasteiger partial charge in [0, 0.05) is 16.5 Å². The van der Waals surface area contributed by atoms with Gasteiger partial charge in [-0.05, 0) is 48.2 Å². The van der Waals surface area contributed by atoms with Gasteiger partial charge in [-0.25, -0.2) is 0 Å². The van der Waals surface area contributed by atoms with Gasteiger partial charge in [0.05, 0.1) is 6.10 Å². The Morgan fingerprint density at radius 1 is 1.11 bits per heavy atom. The smallest absolute Gasteiger partial charge is 0.0833 e. The van der Waals surface area contributed by atoms with Crippen LogP contribution in [-0.2, 0) is 6.42 Å². The number of aliphatic hydroxyl groups is 1. The van der Waals surface area contributed by atoms with Gasteiger partial charge >= 0.3 is 0 Å². The molecule has 0 saturated carbocycles. The number of hydrogen-bond donors (Lipinski definition) is 1. The van der Waals surface area contributed by atoms with Crippen molar-refractivity contribution < 1.29 is 5.11 Å². The van der Waals surface area contributed by atoms with Crippen molar-refractivity contribution in [3.8, 4) is 0 Å². The fraction of sp³-hybridized carbons (Fsp3) is 0.250. The average molecular weight is 295 g/mol. The first kappa shape index (κ1) is 14.4. The molecular formula is C16H16Cl2O. The summed E-state index contributed by atoms with van der Waals surface area (Å²) in [5, 5.41) is 11.6. The highest BCUT2D eigenvalue weighted by Gasteiger charge is 2.14. The Bertz CT molecular complexity index is 593. The maximum atomic E-state index is 10.4. The second-order valence-corrected chi connectivity index (χ2v) is 5.59. The Balaban J connectivity index is 2.25. The quantitative estimate of drug-likeness (QED) is 0.855. The summed E-state index contributed by atoms with van der Waals surface area (Å²) in [5.74, 6) is 0. The lowest BCUT2D eigenvalue weighted by atomic mass is 9.95. The molecule has 0 fully saturated rings. The maximum absolute atomic E-state index is 10.4. The highest BCUT2D eigenvalue weighted by atomic mass is 35.5. The van der Waals surface area contributed by atoms with Gasteiger partial charge in [-0.1, -0.05) is 47.5 Å². The van der Waals surface area contributed by atoms with E-state index < -0.39 is 6.10 Å². The van der Waals surface area contributed by atoms with E-state index in [1.165, 1.54) is 5.56 Å². The van der Waals surface area contributed by atoms with Crippen molar-refractivity contribution in [2.45, 2.75) is 26.4 Å². The van der Waals surface area contributed by atoms with E-state index in [-0.39, 0.29) is 0 Å². The van der Waals surface area contributed by atoms with Crippen LogP contribution >= 0.6 is 23.2 Å². The van der Waals surface area contributed by atoms with Crippen LogP contribution in [0, 0.1) is 13.8 Å². The molecule has 2 aromatic carbocycles. The predicted molar refractivity (Wildman–Crippen MR) is 81.0 cm³/mol. The standard InChI is InChI=1S/C16H16Cl2O/c1-10-4-3-5-14(11(10)2)16(19)8-12-6-7-13(17)9-15(12)18/h3-7,9,16,19H,8H2,1-2H3. The van der Waals surface area contributed by atoms with Gasteiger partial charge in [-0.3, -0.25) is 0 Å². The van der Waals surface area contributed by atoms with E-state index in [4.69, 9.17) is 23.2 Å². The van der Waals surface area contributed by atoms with Crippen LogP contribution in [0.5, 0.6) is 0 Å². The second kappa shape index (κ2) is 5.96. The predicted octanol–water partition coefficient (Wildman–Crippen LogP) is 4.89. The van der Waals surface area contributed by atoms with Crippen LogP contribution in [0.15, 0.2) is 36.4 Å². The van der Waals surface area contributed by atoms with E-state index >= 15 is 0 Å². The number of halogens is 2. The molecule has 1 atom stereocenters. The SMILES string of the molecule is Cc1cccc(C(O)Cc2ccc(Cl)cc2Cl)c1C. The van der Waals surface area contributed by atoms with Gasteiger partial charge in [0.25, 0.3) is 0 Å². The van der Waals surface area contributed by atoms with Crippen LogP contribution in [0.1, 0.15) is 28.4 Å². The molecule has 0 aliphatic heterocycles. The van der Waals surface area contributed by atoms with Crippen molar-refractivity contribution in [3.05, 3.63) is 68.7 Å². The van der Waals surface area contributed by atoms with Gasteiger partial charge in [0.15, 0.2) is 0 Å². The van der Waals surface area contributed by atoms with E-state index in [0.29, 0.717) is 16.5 Å². The zero-order chi connectivity index (χ0) is 14.0. The fourth-order valence-corrected chi connectivity index (χ4v) is 2.63. The molecular weight excluding hydrogens is 279 g/mol. The van der Waals surface area contributed by atoms with Crippen molar-refractivity contribution in [2.24, 2.45) is 0 Å². The van der Waals surface area contributed by atoms with Crippen LogP contribution in [0.25, 0.3) is 0 Å². The van der Waals surface area contributed by atoms with Gasteiger partial charge in [0.1, 0.15) is 0 Å². The number of rotatable bonds is 3. The van der Waals surface area contributed by atoms with Crippen LogP contribution in [0.3, 0.4) is 0 Å². The van der Waals surface area contributed by atoms with E-state index in [2.05, 4.69) is 0 Å². The number of aryl methyl sites for hydroxylation is 1. The molecule has 0 aromatic heterocycles. The molecule has 2 rings (SSSR count). The number of hydrogen-bond acceptors (Lipinski definition) is 1. The summed E-state index contributed by atoms with van der Waals surface area (Å²) in [5.41, 5.74) is 4.16. The summed E-state index contributed by atoms with van der Waals surface area (Å²) in [6.45, 7) is 4.07. The van der Waals surface area contributed by atoms with Gasteiger partial charge in [-0.2, -0.15) is 0 Å². The molecule has 1 nitrogen and oxygen atoms in total.